The maximum atomic E-state index is 11.6. The summed E-state index contributed by atoms with van der Waals surface area (Å²) in [5, 5.41) is 17.9. The van der Waals surface area contributed by atoms with Gasteiger partial charge in [-0.05, 0) is 77.7 Å². The van der Waals surface area contributed by atoms with Gasteiger partial charge in [-0.25, -0.2) is 0 Å². The largest absolute Gasteiger partial charge is 1.00 e. The van der Waals surface area contributed by atoms with Crippen LogP contribution in [0.3, 0.4) is 0 Å². The van der Waals surface area contributed by atoms with Crippen LogP contribution in [-0.2, 0) is 23.9 Å². The molecular formula is C38H79LiO9. The Kier molecular flexibility index (Phi) is 12.3. The summed E-state index contributed by atoms with van der Waals surface area (Å²) >= 11 is 0. The van der Waals surface area contributed by atoms with Gasteiger partial charge in [0.15, 0.2) is 0 Å². The normalized spacial score (nSPS) is 54.1. The number of carboxylic acids is 2. The van der Waals surface area contributed by atoms with Crippen LogP contribution in [-0.4, -0.2) is 57.9 Å². The van der Waals surface area contributed by atoms with Crippen LogP contribution in [0.2, 0.25) is 0 Å². The number of hydrogen-bond donors (Lipinski definition) is 2. The molecule has 0 spiro atoms. The van der Waals surface area contributed by atoms with Crippen LogP contribution in [0.1, 0.15) is 241 Å². The third-order valence-electron chi connectivity index (χ3n) is 4.16. The summed E-state index contributed by atoms with van der Waals surface area (Å²) in [7, 11) is 0. The standard InChI is InChI=1S/2C8H14O.2C7H12O2.C4H8O.4CH4.Li.2H2O/c2*1-7(9)8-5-3-2-4-6-8;2*8-7(9)6-4-2-1-3-5-6;1-2-4-5-3-1;;;;;;;/h2*8H,2-6H2,1H3;2*6H,1-5H2,(H,8,9);1-4H2;4*1H4;;2*1H2/q;;;;;;;;;+1;;/p-1/i2D2,3D2,4D2,5D2,6D2,8D;2D2,3D2,4D2,5D2,6D2;1D2,2D2,3D2,4D2,5D2,6D;1D2,2D2,3D2,4D2,5D2;;;;;;;;. The Balaban J connectivity index is -0.000000193. The molecule has 5 aliphatic rings. The van der Waals surface area contributed by atoms with Crippen molar-refractivity contribution in [3.05, 3.63) is 0 Å². The van der Waals surface area contributed by atoms with E-state index in [-0.39, 0.29) is 59.5 Å². The fraction of sp³-hybridized carbons (Fsp3) is 0.895. The topological polar surface area (TPSA) is 179 Å². The summed E-state index contributed by atoms with van der Waals surface area (Å²) in [5.74, 6) is -19.1. The van der Waals surface area contributed by atoms with E-state index in [1.807, 2.05) is 0 Å². The molecule has 48 heavy (non-hydrogen) atoms. The van der Waals surface area contributed by atoms with E-state index in [9.17, 15) is 19.2 Å². The van der Waals surface area contributed by atoms with E-state index in [0.29, 0.717) is 6.92 Å². The second kappa shape index (κ2) is 40.2. The minimum atomic E-state index is -3.86. The van der Waals surface area contributed by atoms with Crippen LogP contribution in [0.4, 0.5) is 0 Å². The molecule has 1 heterocycles. The second-order valence-corrected chi connectivity index (χ2v) is 7.32. The molecule has 4 aliphatic carbocycles. The van der Waals surface area contributed by atoms with Crippen molar-refractivity contribution in [2.75, 3.05) is 13.2 Å². The van der Waals surface area contributed by atoms with E-state index in [4.69, 9.17) is 72.5 Å². The molecule has 1 saturated heterocycles. The van der Waals surface area contributed by atoms with Gasteiger partial charge < -0.3 is 25.9 Å². The van der Waals surface area contributed by atoms with Gasteiger partial charge in [0.05, 0.1) is 11.8 Å². The van der Waals surface area contributed by atoms with Gasteiger partial charge in [-0.1, -0.05) is 106 Å². The first kappa shape index (κ1) is 14.6. The Hall–Kier alpha value is -1.24. The number of aliphatic carboxylic acids is 2. The second-order valence-electron chi connectivity index (χ2n) is 7.32. The van der Waals surface area contributed by atoms with Crippen LogP contribution >= 0.6 is 0 Å². The molecule has 4 saturated carbocycles. The summed E-state index contributed by atoms with van der Waals surface area (Å²) in [5.41, 5.74) is 0. The van der Waals surface area contributed by atoms with Gasteiger partial charge in [-0.2, -0.15) is 0 Å². The Morgan fingerprint density at radius 1 is 0.542 bits per heavy atom. The van der Waals surface area contributed by atoms with Crippen LogP contribution < -0.4 is 18.9 Å². The molecule has 0 amide bonds. The zero-order valence-corrected chi connectivity index (χ0v) is 23.9. The average molecular weight is 729 g/mol. The maximum Gasteiger partial charge on any atom is 1.00 e. The molecule has 1 aliphatic heterocycles. The number of Topliss-reactive ketones (excluding diaryl/α,β-unsaturated/α-hetero) is 2. The van der Waals surface area contributed by atoms with Crippen LogP contribution in [0.25, 0.3) is 0 Å². The van der Waals surface area contributed by atoms with Gasteiger partial charge in [0.25, 0.3) is 0 Å². The summed E-state index contributed by atoms with van der Waals surface area (Å²) in [6.07, 6.45) is -68.0. The van der Waals surface area contributed by atoms with E-state index in [1.165, 1.54) is 12.8 Å². The Bertz CT molecular complexity index is 2200. The monoisotopic (exact) mass is 729 g/mol. The number of rotatable bonds is 4. The number of carbonyl (C=O) groups is 4. The van der Waals surface area contributed by atoms with Crippen molar-refractivity contribution in [3.63, 3.8) is 0 Å². The molecular weight excluding hydrogens is 607 g/mol. The van der Waals surface area contributed by atoms with E-state index in [2.05, 4.69) is 0 Å². The summed E-state index contributed by atoms with van der Waals surface area (Å²) in [6, 6.07) is 0. The predicted molar refractivity (Wildman–Crippen MR) is 195 cm³/mol. The maximum absolute atomic E-state index is 11.6. The van der Waals surface area contributed by atoms with Crippen LogP contribution in [0, 0.1) is 23.6 Å². The van der Waals surface area contributed by atoms with Gasteiger partial charge in [0.2, 0.25) is 0 Å². The SMILES string of the molecule is C.C.C.C.C1CCOC1.O.[2H]C1([2H])C(C(=O)O)C([2H])([2H])C([2H])([2H])C([2H])([2H])C1([2H])[2H].[2H]C1([2H])C(C(C)=O)C([2H])([2H])C([2H])([2H])C([2H])([2H])C1([2H])[2H].[2H]C1([2H])C([2H])([2H])C([2H])([2H])C([2H])(C(=O)O)C([2H])([2H])C1([2H])[2H].[2H]C1([2H])C([2H])([2H])C([2H])([2H])C([2H])(C(C)=O)C([2H])([2H])C1([2H])[2H].[Li+].[OH-]. The smallest absolute Gasteiger partial charge is 0.870 e. The first-order valence-corrected chi connectivity index (χ1v) is 11.6. The number of ketones is 2. The number of ether oxygens (including phenoxy) is 1. The zero-order valence-electron chi connectivity index (χ0n) is 65.9. The van der Waals surface area contributed by atoms with Gasteiger partial charge in [-0.15, -0.1) is 0 Å². The van der Waals surface area contributed by atoms with Gasteiger partial charge in [0.1, 0.15) is 11.6 Å². The van der Waals surface area contributed by atoms with Gasteiger partial charge >= 0.3 is 30.8 Å². The van der Waals surface area contributed by atoms with E-state index in [0.717, 1.165) is 20.1 Å². The molecule has 0 aromatic carbocycles. The molecule has 0 aromatic heterocycles. The van der Waals surface area contributed by atoms with Crippen molar-refractivity contribution in [2.24, 2.45) is 23.6 Å². The molecule has 5 fully saturated rings. The van der Waals surface area contributed by atoms with E-state index in [1.54, 1.807) is 0 Å². The predicted octanol–water partition coefficient (Wildman–Crippen LogP) is 6.96. The Morgan fingerprint density at radius 2 is 0.854 bits per heavy atom. The van der Waals surface area contributed by atoms with Crippen molar-refractivity contribution >= 4 is 23.5 Å². The van der Waals surface area contributed by atoms with Crippen LogP contribution in [0.5, 0.6) is 0 Å². The number of carbonyl (C=O) groups excluding carboxylic acids is 2. The third kappa shape index (κ3) is 32.0. The molecule has 286 valence electrons. The molecule has 9 nitrogen and oxygen atoms in total. The molecule has 0 atom stereocenters. The van der Waals surface area contributed by atoms with Gasteiger partial charge in [0, 0.05) is 82.6 Å². The minimum absolute atomic E-state index is 0. The summed E-state index contributed by atoms with van der Waals surface area (Å²) in [4.78, 5) is 45.3. The fourth-order valence-electron chi connectivity index (χ4n) is 2.19. The number of carboxylic acid groups (broad SMARTS) is 2. The summed E-state index contributed by atoms with van der Waals surface area (Å²) < 4.78 is 321. The van der Waals surface area contributed by atoms with Crippen molar-refractivity contribution < 1.29 is 122 Å². The average Bonchev–Trinajstić information content (AvgIpc) is 3.87. The first-order valence-electron chi connectivity index (χ1n) is 32.6. The fourth-order valence-corrected chi connectivity index (χ4v) is 2.19. The first-order chi connectivity index (χ1) is 35.5. The molecule has 0 bridgehead atoms. The molecule has 0 aromatic rings. The minimum Gasteiger partial charge on any atom is -0.870 e. The van der Waals surface area contributed by atoms with Crippen molar-refractivity contribution in [1.29, 1.82) is 0 Å². The molecule has 0 radical (unpaired) electrons. The quantitative estimate of drug-likeness (QED) is 0.292. The summed E-state index contributed by atoms with van der Waals surface area (Å²) in [6.45, 7) is 3.50. The molecule has 5 rings (SSSR count). The van der Waals surface area contributed by atoms with Crippen molar-refractivity contribution in [2.45, 2.75) is 184 Å². The zero-order chi connectivity index (χ0) is 68.0. The van der Waals surface area contributed by atoms with Gasteiger partial charge in [-0.3, -0.25) is 19.2 Å². The molecule has 5 N–H and O–H groups in total. The number of hydrogen-bond acceptors (Lipinski definition) is 6. The van der Waals surface area contributed by atoms with Crippen molar-refractivity contribution in [3.8, 4) is 0 Å². The third-order valence-corrected chi connectivity index (χ3v) is 4.16. The van der Waals surface area contributed by atoms with E-state index < -0.39 is 175 Å². The molecule has 10 heteroatoms. The van der Waals surface area contributed by atoms with E-state index >= 15 is 0 Å². The van der Waals surface area contributed by atoms with Crippen molar-refractivity contribution in [1.82, 2.24) is 0 Å². The Labute approximate surface area is 367 Å². The molecule has 0 unspecified atom stereocenters. The Morgan fingerprint density at radius 3 is 1.10 bits per heavy atom. The van der Waals surface area contributed by atoms with Crippen LogP contribution in [0.15, 0.2) is 0 Å².